The molecule has 0 bridgehead atoms. The van der Waals surface area contributed by atoms with E-state index in [9.17, 15) is 14.4 Å². The van der Waals surface area contributed by atoms with Gasteiger partial charge in [-0.05, 0) is 24.3 Å². The predicted molar refractivity (Wildman–Crippen MR) is 109 cm³/mol. The first kappa shape index (κ1) is 21.9. The molecule has 2 rings (SSSR count). The number of carbonyl (C=O) groups excluding carboxylic acids is 3. The van der Waals surface area contributed by atoms with Gasteiger partial charge in [-0.2, -0.15) is 0 Å². The van der Waals surface area contributed by atoms with Gasteiger partial charge in [0.15, 0.2) is 0 Å². The zero-order chi connectivity index (χ0) is 20.7. The van der Waals surface area contributed by atoms with Gasteiger partial charge in [-0.3, -0.25) is 14.4 Å². The second-order valence-electron chi connectivity index (χ2n) is 8.21. The van der Waals surface area contributed by atoms with Crippen LogP contribution in [0.5, 0.6) is 0 Å². The highest BCUT2D eigenvalue weighted by Gasteiger charge is 2.29. The molecule has 1 aliphatic rings. The molecule has 2 N–H and O–H groups in total. The van der Waals surface area contributed by atoms with Crippen molar-refractivity contribution >= 4 is 17.7 Å². The van der Waals surface area contributed by atoms with Crippen LogP contribution in [0, 0.1) is 11.8 Å². The number of hydrogen-bond donors (Lipinski definition) is 2. The molecule has 6 nitrogen and oxygen atoms in total. The smallest absolute Gasteiger partial charge is 0.243 e. The van der Waals surface area contributed by atoms with E-state index in [1.165, 1.54) is 0 Å². The first-order valence-corrected chi connectivity index (χ1v) is 10.2. The SMILES string of the molecule is CC(C)C(=O)N1CCC(NC(=O)C(NC(=O)Cc2ccccc2)C(C)C)CC1. The summed E-state index contributed by atoms with van der Waals surface area (Å²) >= 11 is 0. The molecular weight excluding hydrogens is 354 g/mol. The van der Waals surface area contributed by atoms with Crippen LogP contribution in [0.3, 0.4) is 0 Å². The molecule has 0 aliphatic carbocycles. The molecule has 0 spiro atoms. The van der Waals surface area contributed by atoms with Gasteiger partial charge in [0.1, 0.15) is 6.04 Å². The number of benzene rings is 1. The van der Waals surface area contributed by atoms with E-state index in [2.05, 4.69) is 10.6 Å². The molecule has 0 aromatic heterocycles. The number of nitrogens with zero attached hydrogens (tertiary/aromatic N) is 1. The summed E-state index contributed by atoms with van der Waals surface area (Å²) in [5.41, 5.74) is 0.921. The number of carbonyl (C=O) groups is 3. The zero-order valence-corrected chi connectivity index (χ0v) is 17.4. The van der Waals surface area contributed by atoms with Gasteiger partial charge >= 0.3 is 0 Å². The number of piperidine rings is 1. The maximum absolute atomic E-state index is 12.8. The van der Waals surface area contributed by atoms with Crippen LogP contribution in [0.15, 0.2) is 30.3 Å². The summed E-state index contributed by atoms with van der Waals surface area (Å²) in [6, 6.07) is 8.97. The molecule has 1 unspecified atom stereocenters. The Hall–Kier alpha value is -2.37. The van der Waals surface area contributed by atoms with E-state index in [-0.39, 0.29) is 42.0 Å². The van der Waals surface area contributed by atoms with Gasteiger partial charge in [-0.15, -0.1) is 0 Å². The van der Waals surface area contributed by atoms with E-state index in [0.717, 1.165) is 18.4 Å². The molecule has 0 radical (unpaired) electrons. The molecule has 1 atom stereocenters. The zero-order valence-electron chi connectivity index (χ0n) is 17.4. The quantitative estimate of drug-likeness (QED) is 0.752. The molecule has 6 heteroatoms. The van der Waals surface area contributed by atoms with Crippen LogP contribution in [0.2, 0.25) is 0 Å². The Kier molecular flexibility index (Phi) is 8.03. The number of rotatable bonds is 7. The molecule has 1 saturated heterocycles. The Balaban J connectivity index is 1.86. The van der Waals surface area contributed by atoms with Crippen LogP contribution in [0.1, 0.15) is 46.1 Å². The van der Waals surface area contributed by atoms with Crippen molar-refractivity contribution in [3.05, 3.63) is 35.9 Å². The van der Waals surface area contributed by atoms with Crippen molar-refractivity contribution < 1.29 is 14.4 Å². The van der Waals surface area contributed by atoms with Crippen LogP contribution < -0.4 is 10.6 Å². The summed E-state index contributed by atoms with van der Waals surface area (Å²) in [4.78, 5) is 39.1. The molecule has 1 aromatic carbocycles. The fourth-order valence-corrected chi connectivity index (χ4v) is 3.44. The molecule has 3 amide bonds. The van der Waals surface area contributed by atoms with Crippen molar-refractivity contribution in [2.24, 2.45) is 11.8 Å². The lowest BCUT2D eigenvalue weighted by Crippen LogP contribution is -2.54. The minimum atomic E-state index is -0.563. The number of likely N-dealkylation sites (tertiary alicyclic amines) is 1. The maximum atomic E-state index is 12.8. The topological polar surface area (TPSA) is 78.5 Å². The normalized spacial score (nSPS) is 16.1. The monoisotopic (exact) mass is 387 g/mol. The molecule has 1 heterocycles. The summed E-state index contributed by atoms with van der Waals surface area (Å²) in [6.45, 7) is 8.99. The van der Waals surface area contributed by atoms with Gasteiger partial charge in [-0.25, -0.2) is 0 Å². The Morgan fingerprint density at radius 1 is 1.04 bits per heavy atom. The van der Waals surface area contributed by atoms with Crippen LogP contribution >= 0.6 is 0 Å². The van der Waals surface area contributed by atoms with Crippen molar-refractivity contribution in [3.63, 3.8) is 0 Å². The molecule has 1 fully saturated rings. The van der Waals surface area contributed by atoms with Crippen LogP contribution in [-0.2, 0) is 20.8 Å². The minimum absolute atomic E-state index is 0.00344. The summed E-state index contributed by atoms with van der Waals surface area (Å²) in [5, 5.41) is 5.95. The van der Waals surface area contributed by atoms with Gasteiger partial charge < -0.3 is 15.5 Å². The van der Waals surface area contributed by atoms with Gasteiger partial charge in [0.2, 0.25) is 17.7 Å². The number of hydrogen-bond acceptors (Lipinski definition) is 3. The summed E-state index contributed by atoms with van der Waals surface area (Å²) < 4.78 is 0. The van der Waals surface area contributed by atoms with E-state index < -0.39 is 6.04 Å². The first-order valence-electron chi connectivity index (χ1n) is 10.2. The van der Waals surface area contributed by atoms with E-state index >= 15 is 0 Å². The summed E-state index contributed by atoms with van der Waals surface area (Å²) in [6.07, 6.45) is 1.74. The van der Waals surface area contributed by atoms with Gasteiger partial charge in [0.05, 0.1) is 6.42 Å². The fourth-order valence-electron chi connectivity index (χ4n) is 3.44. The Bertz CT molecular complexity index is 665. The van der Waals surface area contributed by atoms with Gasteiger partial charge in [0.25, 0.3) is 0 Å². The number of nitrogens with one attached hydrogen (secondary N) is 2. The third-order valence-electron chi connectivity index (χ3n) is 5.12. The summed E-state index contributed by atoms with van der Waals surface area (Å²) in [5.74, 6) is -0.154. The van der Waals surface area contributed by atoms with Crippen LogP contribution in [0.25, 0.3) is 0 Å². The van der Waals surface area contributed by atoms with Crippen molar-refractivity contribution in [2.75, 3.05) is 13.1 Å². The van der Waals surface area contributed by atoms with Crippen molar-refractivity contribution in [1.29, 1.82) is 0 Å². The number of amides is 3. The average Bonchev–Trinajstić information content (AvgIpc) is 2.66. The predicted octanol–water partition coefficient (Wildman–Crippen LogP) is 2.13. The van der Waals surface area contributed by atoms with E-state index in [1.807, 2.05) is 62.9 Å². The lowest BCUT2D eigenvalue weighted by Gasteiger charge is -2.34. The second-order valence-corrected chi connectivity index (χ2v) is 8.21. The Morgan fingerprint density at radius 3 is 2.18 bits per heavy atom. The first-order chi connectivity index (χ1) is 13.3. The largest absolute Gasteiger partial charge is 0.351 e. The molecule has 154 valence electrons. The molecular formula is C22H33N3O3. The highest BCUT2D eigenvalue weighted by atomic mass is 16.2. The van der Waals surface area contributed by atoms with E-state index in [4.69, 9.17) is 0 Å². The third kappa shape index (κ3) is 6.36. The van der Waals surface area contributed by atoms with Crippen LogP contribution in [0.4, 0.5) is 0 Å². The minimum Gasteiger partial charge on any atom is -0.351 e. The molecule has 1 aromatic rings. The second kappa shape index (κ2) is 10.2. The molecule has 1 aliphatic heterocycles. The van der Waals surface area contributed by atoms with E-state index in [0.29, 0.717) is 13.1 Å². The van der Waals surface area contributed by atoms with Gasteiger partial charge in [0, 0.05) is 25.0 Å². The third-order valence-corrected chi connectivity index (χ3v) is 5.12. The van der Waals surface area contributed by atoms with Crippen molar-refractivity contribution in [3.8, 4) is 0 Å². The Labute approximate surface area is 168 Å². The summed E-state index contributed by atoms with van der Waals surface area (Å²) in [7, 11) is 0. The average molecular weight is 388 g/mol. The highest BCUT2D eigenvalue weighted by molar-refractivity contribution is 5.88. The lowest BCUT2D eigenvalue weighted by molar-refractivity contribution is -0.136. The molecule has 28 heavy (non-hydrogen) atoms. The lowest BCUT2D eigenvalue weighted by atomic mass is 9.99. The van der Waals surface area contributed by atoms with Gasteiger partial charge in [-0.1, -0.05) is 58.0 Å². The molecule has 0 saturated carbocycles. The maximum Gasteiger partial charge on any atom is 0.243 e. The standard InChI is InChI=1S/C22H33N3O3/c1-15(2)20(24-19(26)14-17-8-6-5-7-9-17)21(27)23-18-10-12-25(13-11-18)22(28)16(3)4/h5-9,15-16,18,20H,10-14H2,1-4H3,(H,23,27)(H,24,26). The van der Waals surface area contributed by atoms with Crippen molar-refractivity contribution in [2.45, 2.75) is 59.0 Å². The van der Waals surface area contributed by atoms with Crippen LogP contribution in [-0.4, -0.2) is 47.8 Å². The van der Waals surface area contributed by atoms with Crippen molar-refractivity contribution in [1.82, 2.24) is 15.5 Å². The fraction of sp³-hybridized carbons (Fsp3) is 0.591. The Morgan fingerprint density at radius 2 is 1.64 bits per heavy atom. The van der Waals surface area contributed by atoms with E-state index in [1.54, 1.807) is 0 Å². The highest BCUT2D eigenvalue weighted by Crippen LogP contribution is 2.14.